The Morgan fingerprint density at radius 2 is 1.97 bits per heavy atom. The molecular weight excluding hydrogens is 386 g/mol. The highest BCUT2D eigenvalue weighted by Crippen LogP contribution is 2.35. The second kappa shape index (κ2) is 9.40. The monoisotopic (exact) mass is 420 g/mol. The number of carbonyl (C=O) groups is 1. The molecule has 2 heterocycles. The van der Waals surface area contributed by atoms with Gasteiger partial charge >= 0.3 is 0 Å². The summed E-state index contributed by atoms with van der Waals surface area (Å²) in [5.41, 5.74) is 2.24. The number of halogens is 2. The summed E-state index contributed by atoms with van der Waals surface area (Å²) >= 11 is 0. The van der Waals surface area contributed by atoms with Crippen molar-refractivity contribution in [3.05, 3.63) is 35.4 Å². The number of carbonyl (C=O) groups excluding carboxylic acids is 1. The molecule has 2 saturated heterocycles. The number of amides is 1. The van der Waals surface area contributed by atoms with Crippen molar-refractivity contribution in [2.24, 2.45) is 5.92 Å². The van der Waals surface area contributed by atoms with Crippen LogP contribution in [0.25, 0.3) is 0 Å². The quantitative estimate of drug-likeness (QED) is 0.710. The normalized spacial score (nSPS) is 27.9. The van der Waals surface area contributed by atoms with Gasteiger partial charge < -0.3 is 10.6 Å². The van der Waals surface area contributed by atoms with E-state index in [2.05, 4.69) is 28.8 Å². The highest BCUT2D eigenvalue weighted by atomic mass is 19.3. The van der Waals surface area contributed by atoms with Gasteiger partial charge in [0.25, 0.3) is 6.43 Å². The number of hydrogen-bond donors (Lipinski definition) is 2. The molecule has 166 valence electrons. The third-order valence-electron chi connectivity index (χ3n) is 6.99. The van der Waals surface area contributed by atoms with E-state index in [1.54, 1.807) is 0 Å². The molecular formula is C23H34F2N4O. The largest absolute Gasteiger partial charge is 0.339 e. The van der Waals surface area contributed by atoms with Gasteiger partial charge in [0.15, 0.2) is 0 Å². The maximum atomic E-state index is 12.6. The number of nitriles is 1. The molecule has 1 amide bonds. The van der Waals surface area contributed by atoms with Crippen molar-refractivity contribution < 1.29 is 16.4 Å². The molecule has 3 fully saturated rings. The van der Waals surface area contributed by atoms with Crippen molar-refractivity contribution in [3.8, 4) is 6.07 Å². The summed E-state index contributed by atoms with van der Waals surface area (Å²) in [5, 5.41) is 15.8. The van der Waals surface area contributed by atoms with E-state index in [9.17, 15) is 18.8 Å². The highest BCUT2D eigenvalue weighted by Gasteiger charge is 2.43. The fourth-order valence-corrected chi connectivity index (χ4v) is 5.35. The molecule has 1 aliphatic carbocycles. The second-order valence-electron chi connectivity index (χ2n) is 9.02. The van der Waals surface area contributed by atoms with Crippen LogP contribution in [0.15, 0.2) is 24.3 Å². The van der Waals surface area contributed by atoms with Crippen LogP contribution in [0, 0.1) is 17.2 Å². The fraction of sp³-hybridized carbons (Fsp3) is 0.652. The van der Waals surface area contributed by atoms with Crippen LogP contribution in [0.3, 0.4) is 0 Å². The van der Waals surface area contributed by atoms with Gasteiger partial charge in [0, 0.05) is 15.3 Å². The zero-order chi connectivity index (χ0) is 21.1. The van der Waals surface area contributed by atoms with Gasteiger partial charge in [0.2, 0.25) is 5.91 Å². The molecule has 7 heteroatoms. The Morgan fingerprint density at radius 1 is 1.23 bits per heavy atom. The maximum absolute atomic E-state index is 12.6. The Labute approximate surface area is 179 Å². The molecule has 1 saturated carbocycles. The van der Waals surface area contributed by atoms with E-state index in [1.165, 1.54) is 5.56 Å². The number of hydrogen-bond acceptors (Lipinski definition) is 4. The van der Waals surface area contributed by atoms with Crippen molar-refractivity contribution in [2.45, 2.75) is 69.0 Å². The summed E-state index contributed by atoms with van der Waals surface area (Å²) in [4.78, 5) is 14.4. The summed E-state index contributed by atoms with van der Waals surface area (Å²) in [5.74, 6) is 0.741. The first-order valence-corrected chi connectivity index (χ1v) is 11.1. The maximum Gasteiger partial charge on any atom is 0.251 e. The molecule has 1 aromatic carbocycles. The zero-order valence-electron chi connectivity index (χ0n) is 17.2. The minimum Gasteiger partial charge on any atom is -0.339 e. The van der Waals surface area contributed by atoms with Crippen LogP contribution in [0.5, 0.6) is 0 Å². The second-order valence-corrected chi connectivity index (χ2v) is 9.02. The Hall–Kier alpha value is -2.04. The van der Waals surface area contributed by atoms with E-state index in [4.69, 9.17) is 0 Å². The van der Waals surface area contributed by atoms with E-state index < -0.39 is 12.5 Å². The molecule has 5 nitrogen and oxygen atoms in total. The Bertz CT molecular complexity index is 781. The standard InChI is InChI=1S/C23H30F2N4O.2H2/c24-21(25)14-29-9-7-17(8-10-29)16-3-1-15(2-4-16)11-20(13-26)28-23(30)22-18-5-6-19(12-18)27-22;;/h1-4,17-22,27H,5-12,14H2,(H,28,30);2*1H/t18-,19?,20-,22-;;/m0../s1. The summed E-state index contributed by atoms with van der Waals surface area (Å²) in [7, 11) is 0. The number of nitrogens with zero attached hydrogens (tertiary/aromatic N) is 2. The van der Waals surface area contributed by atoms with Gasteiger partial charge in [-0.1, -0.05) is 24.3 Å². The topological polar surface area (TPSA) is 68.2 Å². The highest BCUT2D eigenvalue weighted by molar-refractivity contribution is 5.83. The Morgan fingerprint density at radius 3 is 2.53 bits per heavy atom. The molecule has 0 spiro atoms. The average molecular weight is 421 g/mol. The van der Waals surface area contributed by atoms with Crippen molar-refractivity contribution in [1.29, 1.82) is 5.26 Å². The SMILES string of the molecule is N#C[C@H](Cc1ccc(C2CCN(CC(F)F)CC2)cc1)NC(=O)[C@H]1NC2CC[C@H]1C2.[HH].[HH]. The molecule has 0 aromatic heterocycles. The molecule has 3 aliphatic rings. The van der Waals surface area contributed by atoms with E-state index in [0.29, 0.717) is 37.4 Å². The lowest BCUT2D eigenvalue weighted by molar-refractivity contribution is -0.124. The summed E-state index contributed by atoms with van der Waals surface area (Å²) < 4.78 is 25.1. The van der Waals surface area contributed by atoms with Gasteiger partial charge in [0.1, 0.15) is 6.04 Å². The lowest BCUT2D eigenvalue weighted by atomic mass is 9.88. The van der Waals surface area contributed by atoms with E-state index in [-0.39, 0.29) is 21.3 Å². The van der Waals surface area contributed by atoms with Gasteiger partial charge in [-0.3, -0.25) is 9.69 Å². The lowest BCUT2D eigenvalue weighted by Gasteiger charge is -2.32. The molecule has 30 heavy (non-hydrogen) atoms. The number of alkyl halides is 2. The molecule has 4 atom stereocenters. The minimum atomic E-state index is -2.27. The van der Waals surface area contributed by atoms with Gasteiger partial charge in [-0.05, 0) is 68.2 Å². The van der Waals surface area contributed by atoms with Crippen molar-refractivity contribution >= 4 is 5.91 Å². The molecule has 2 bridgehead atoms. The van der Waals surface area contributed by atoms with Crippen LogP contribution < -0.4 is 10.6 Å². The van der Waals surface area contributed by atoms with Crippen LogP contribution in [-0.2, 0) is 11.2 Å². The van der Waals surface area contributed by atoms with Crippen molar-refractivity contribution in [2.75, 3.05) is 19.6 Å². The smallest absolute Gasteiger partial charge is 0.251 e. The van der Waals surface area contributed by atoms with Crippen LogP contribution in [0.4, 0.5) is 8.78 Å². The molecule has 1 unspecified atom stereocenters. The van der Waals surface area contributed by atoms with E-state index in [1.807, 2.05) is 17.0 Å². The first kappa shape index (κ1) is 21.2. The molecule has 0 radical (unpaired) electrons. The first-order chi connectivity index (χ1) is 14.5. The number of piperidine rings is 2. The van der Waals surface area contributed by atoms with Gasteiger partial charge in [-0.15, -0.1) is 0 Å². The predicted molar refractivity (Wildman–Crippen MR) is 114 cm³/mol. The lowest BCUT2D eigenvalue weighted by Crippen LogP contribution is -2.50. The number of likely N-dealkylation sites (tertiary alicyclic amines) is 1. The Balaban J connectivity index is 0.00000181. The average Bonchev–Trinajstić information content (AvgIpc) is 3.38. The van der Waals surface area contributed by atoms with Gasteiger partial charge in [0.05, 0.1) is 18.7 Å². The van der Waals surface area contributed by atoms with E-state index >= 15 is 0 Å². The zero-order valence-corrected chi connectivity index (χ0v) is 17.2. The molecule has 1 aromatic rings. The summed E-state index contributed by atoms with van der Waals surface area (Å²) in [6.07, 6.45) is 3.30. The fourth-order valence-electron chi connectivity index (χ4n) is 5.35. The number of nitrogens with one attached hydrogen (secondary N) is 2. The number of rotatable bonds is 7. The Kier molecular flexibility index (Phi) is 6.64. The van der Waals surface area contributed by atoms with Gasteiger partial charge in [-0.2, -0.15) is 5.26 Å². The summed E-state index contributed by atoms with van der Waals surface area (Å²) in [6.45, 7) is 1.28. The van der Waals surface area contributed by atoms with Crippen molar-refractivity contribution in [3.63, 3.8) is 0 Å². The van der Waals surface area contributed by atoms with Crippen LogP contribution in [0.2, 0.25) is 0 Å². The minimum absolute atomic E-state index is 0. The predicted octanol–water partition coefficient (Wildman–Crippen LogP) is 3.31. The molecule has 2 aliphatic heterocycles. The first-order valence-electron chi connectivity index (χ1n) is 11.1. The third kappa shape index (κ3) is 4.98. The van der Waals surface area contributed by atoms with Crippen LogP contribution in [0.1, 0.15) is 52.0 Å². The van der Waals surface area contributed by atoms with Crippen LogP contribution >= 0.6 is 0 Å². The van der Waals surface area contributed by atoms with Crippen LogP contribution in [-0.4, -0.2) is 55.0 Å². The van der Waals surface area contributed by atoms with Gasteiger partial charge in [-0.25, -0.2) is 8.78 Å². The third-order valence-corrected chi connectivity index (χ3v) is 6.99. The number of fused-ring (bicyclic) bond motifs is 2. The molecule has 4 rings (SSSR count). The van der Waals surface area contributed by atoms with Crippen molar-refractivity contribution in [1.82, 2.24) is 15.5 Å². The summed E-state index contributed by atoms with van der Waals surface area (Å²) in [6, 6.07) is 10.2. The number of benzene rings is 1. The molecule has 2 N–H and O–H groups in total. The van der Waals surface area contributed by atoms with E-state index in [0.717, 1.165) is 37.7 Å².